The number of furan rings is 1. The zero-order chi connectivity index (χ0) is 17.0. The van der Waals surface area contributed by atoms with Crippen LogP contribution in [-0.4, -0.2) is 18.5 Å². The average molecular weight is 348 g/mol. The molecule has 9 heteroatoms. The zero-order valence-electron chi connectivity index (χ0n) is 11.3. The third-order valence-electron chi connectivity index (χ3n) is 2.64. The first-order valence-electron chi connectivity index (χ1n) is 6.15. The molecule has 0 saturated heterocycles. The molecule has 2 aromatic rings. The summed E-state index contributed by atoms with van der Waals surface area (Å²) >= 11 is 5.69. The minimum absolute atomic E-state index is 0.133. The van der Waals surface area contributed by atoms with Crippen molar-refractivity contribution in [2.45, 2.75) is 6.18 Å². The van der Waals surface area contributed by atoms with Crippen molar-refractivity contribution < 1.29 is 31.9 Å². The monoisotopic (exact) mass is 347 g/mol. The van der Waals surface area contributed by atoms with Gasteiger partial charge in [0.25, 0.3) is 5.91 Å². The van der Waals surface area contributed by atoms with Crippen molar-refractivity contribution in [3.05, 3.63) is 52.9 Å². The number of hydrogen-bond acceptors (Lipinski definition) is 4. The topological polar surface area (TPSA) is 68.5 Å². The Hall–Kier alpha value is -2.48. The lowest BCUT2D eigenvalue weighted by Crippen LogP contribution is -2.23. The Morgan fingerprint density at radius 2 is 1.96 bits per heavy atom. The van der Waals surface area contributed by atoms with Gasteiger partial charge >= 0.3 is 12.1 Å². The smallest absolute Gasteiger partial charge is 0.418 e. The Morgan fingerprint density at radius 1 is 1.22 bits per heavy atom. The van der Waals surface area contributed by atoms with Gasteiger partial charge < -0.3 is 14.5 Å². The molecule has 0 aliphatic rings. The first kappa shape index (κ1) is 16.9. The highest BCUT2D eigenvalue weighted by Crippen LogP contribution is 2.38. The molecule has 1 aromatic carbocycles. The van der Waals surface area contributed by atoms with Gasteiger partial charge in [0.1, 0.15) is 0 Å². The molecule has 122 valence electrons. The van der Waals surface area contributed by atoms with E-state index in [4.69, 9.17) is 16.0 Å². The standard InChI is InChI=1S/C14H9ClF3NO4/c15-9-4-1-3-8(14(16,17)18)12(9)19-11(20)7-23-13(21)10-5-2-6-22-10/h1-6H,7H2,(H,19,20). The maximum atomic E-state index is 12.9. The molecule has 2 rings (SSSR count). The summed E-state index contributed by atoms with van der Waals surface area (Å²) in [6.45, 7) is -0.790. The quantitative estimate of drug-likeness (QED) is 0.855. The molecule has 0 atom stereocenters. The van der Waals surface area contributed by atoms with Gasteiger partial charge in [-0.2, -0.15) is 13.2 Å². The molecule has 0 radical (unpaired) electrons. The molecule has 0 saturated carbocycles. The molecule has 1 heterocycles. The average Bonchev–Trinajstić information content (AvgIpc) is 3.00. The number of hydrogen-bond donors (Lipinski definition) is 1. The third-order valence-corrected chi connectivity index (χ3v) is 2.96. The molecule has 0 fully saturated rings. The summed E-state index contributed by atoms with van der Waals surface area (Å²) < 4.78 is 48.0. The van der Waals surface area contributed by atoms with Gasteiger partial charge in [-0.1, -0.05) is 17.7 Å². The predicted molar refractivity (Wildman–Crippen MR) is 74.1 cm³/mol. The molecule has 0 bridgehead atoms. The van der Waals surface area contributed by atoms with Crippen LogP contribution in [0.5, 0.6) is 0 Å². The van der Waals surface area contributed by atoms with E-state index < -0.39 is 35.9 Å². The van der Waals surface area contributed by atoms with Crippen LogP contribution < -0.4 is 5.32 Å². The van der Waals surface area contributed by atoms with E-state index in [1.54, 1.807) is 0 Å². The molecule has 0 spiro atoms. The van der Waals surface area contributed by atoms with Gasteiger partial charge in [-0.15, -0.1) is 0 Å². The van der Waals surface area contributed by atoms with Gasteiger partial charge in [-0.05, 0) is 24.3 Å². The minimum Gasteiger partial charge on any atom is -0.457 e. The maximum absolute atomic E-state index is 12.9. The molecule has 0 aliphatic carbocycles. The van der Waals surface area contributed by atoms with Crippen LogP contribution in [0.2, 0.25) is 5.02 Å². The van der Waals surface area contributed by atoms with Crippen LogP contribution in [0.3, 0.4) is 0 Å². The number of halogens is 4. The number of amides is 1. The summed E-state index contributed by atoms with van der Waals surface area (Å²) in [6.07, 6.45) is -3.46. The molecule has 23 heavy (non-hydrogen) atoms. The fraction of sp³-hybridized carbons (Fsp3) is 0.143. The van der Waals surface area contributed by atoms with E-state index in [1.807, 2.05) is 5.32 Å². The Kier molecular flexibility index (Phi) is 4.95. The number of carbonyl (C=O) groups excluding carboxylic acids is 2. The second kappa shape index (κ2) is 6.74. The van der Waals surface area contributed by atoms with Gasteiger partial charge in [0.2, 0.25) is 5.76 Å². The van der Waals surface area contributed by atoms with E-state index >= 15 is 0 Å². The highest BCUT2D eigenvalue weighted by atomic mass is 35.5. The van der Waals surface area contributed by atoms with Gasteiger partial charge in [0, 0.05) is 0 Å². The largest absolute Gasteiger partial charge is 0.457 e. The van der Waals surface area contributed by atoms with Gasteiger partial charge in [0.05, 0.1) is 22.5 Å². The number of para-hydroxylation sites is 1. The first-order chi connectivity index (χ1) is 10.8. The summed E-state index contributed by atoms with van der Waals surface area (Å²) in [4.78, 5) is 23.1. The molecular weight excluding hydrogens is 339 g/mol. The summed E-state index contributed by atoms with van der Waals surface area (Å²) in [6, 6.07) is 5.83. The number of carbonyl (C=O) groups is 2. The molecule has 1 amide bonds. The van der Waals surface area contributed by atoms with Crippen molar-refractivity contribution in [2.75, 3.05) is 11.9 Å². The number of rotatable bonds is 4. The van der Waals surface area contributed by atoms with E-state index in [9.17, 15) is 22.8 Å². The Balaban J connectivity index is 2.05. The van der Waals surface area contributed by atoms with E-state index in [0.29, 0.717) is 0 Å². The van der Waals surface area contributed by atoms with E-state index in [0.717, 1.165) is 12.1 Å². The van der Waals surface area contributed by atoms with E-state index in [2.05, 4.69) is 4.74 Å². The van der Waals surface area contributed by atoms with Crippen LogP contribution in [0.4, 0.5) is 18.9 Å². The van der Waals surface area contributed by atoms with Crippen molar-refractivity contribution in [1.29, 1.82) is 0 Å². The zero-order valence-corrected chi connectivity index (χ0v) is 12.1. The fourth-order valence-electron chi connectivity index (χ4n) is 1.66. The van der Waals surface area contributed by atoms with Crippen LogP contribution in [0.1, 0.15) is 16.1 Å². The number of esters is 1. The molecule has 1 aromatic heterocycles. The molecule has 0 aliphatic heterocycles. The van der Waals surface area contributed by atoms with Gasteiger partial charge in [-0.25, -0.2) is 4.79 Å². The van der Waals surface area contributed by atoms with Crippen LogP contribution >= 0.6 is 11.6 Å². The summed E-state index contributed by atoms with van der Waals surface area (Å²) in [5, 5.41) is 1.70. The predicted octanol–water partition coefficient (Wildman–Crippen LogP) is 3.75. The lowest BCUT2D eigenvalue weighted by atomic mass is 10.1. The molecular formula is C14H9ClF3NO4. The summed E-state index contributed by atoms with van der Waals surface area (Å²) in [7, 11) is 0. The Labute approximate surface area is 133 Å². The Bertz CT molecular complexity index is 713. The fourth-order valence-corrected chi connectivity index (χ4v) is 1.88. The Morgan fingerprint density at radius 3 is 2.57 bits per heavy atom. The number of anilines is 1. The van der Waals surface area contributed by atoms with Crippen LogP contribution in [-0.2, 0) is 15.7 Å². The van der Waals surface area contributed by atoms with Crippen molar-refractivity contribution in [3.63, 3.8) is 0 Å². The summed E-state index contributed by atoms with van der Waals surface area (Å²) in [5.41, 5.74) is -1.70. The normalized spacial score (nSPS) is 11.1. The SMILES string of the molecule is O=C(COC(=O)c1ccco1)Nc1c(Cl)cccc1C(F)(F)F. The van der Waals surface area contributed by atoms with Crippen molar-refractivity contribution in [2.24, 2.45) is 0 Å². The first-order valence-corrected chi connectivity index (χ1v) is 6.53. The number of alkyl halides is 3. The van der Waals surface area contributed by atoms with Crippen LogP contribution in [0, 0.1) is 0 Å². The molecule has 5 nitrogen and oxygen atoms in total. The van der Waals surface area contributed by atoms with E-state index in [-0.39, 0.29) is 10.8 Å². The lowest BCUT2D eigenvalue weighted by molar-refractivity contribution is -0.137. The molecule has 1 N–H and O–H groups in total. The minimum atomic E-state index is -4.70. The number of nitrogens with one attached hydrogen (secondary N) is 1. The van der Waals surface area contributed by atoms with Crippen molar-refractivity contribution >= 4 is 29.2 Å². The highest BCUT2D eigenvalue weighted by molar-refractivity contribution is 6.34. The van der Waals surface area contributed by atoms with Crippen LogP contribution in [0.15, 0.2) is 41.0 Å². The van der Waals surface area contributed by atoms with E-state index in [1.165, 1.54) is 24.5 Å². The second-order valence-corrected chi connectivity index (χ2v) is 4.67. The van der Waals surface area contributed by atoms with Crippen LogP contribution in [0.25, 0.3) is 0 Å². The van der Waals surface area contributed by atoms with Crippen molar-refractivity contribution in [3.8, 4) is 0 Å². The second-order valence-electron chi connectivity index (χ2n) is 4.26. The summed E-state index contributed by atoms with van der Waals surface area (Å²) in [5.74, 6) is -2.02. The maximum Gasteiger partial charge on any atom is 0.418 e. The van der Waals surface area contributed by atoms with Gasteiger partial charge in [-0.3, -0.25) is 4.79 Å². The van der Waals surface area contributed by atoms with Crippen molar-refractivity contribution in [1.82, 2.24) is 0 Å². The number of ether oxygens (including phenoxy) is 1. The highest BCUT2D eigenvalue weighted by Gasteiger charge is 2.34. The van der Waals surface area contributed by atoms with Gasteiger partial charge in [0.15, 0.2) is 6.61 Å². The number of benzene rings is 1. The third kappa shape index (κ3) is 4.26. The lowest BCUT2D eigenvalue weighted by Gasteiger charge is -2.15. The molecule has 0 unspecified atom stereocenters.